The van der Waals surface area contributed by atoms with Gasteiger partial charge in [0.25, 0.3) is 5.91 Å². The molecule has 4 nitrogen and oxygen atoms in total. The maximum Gasteiger partial charge on any atom is 0.258 e. The summed E-state index contributed by atoms with van der Waals surface area (Å²) in [4.78, 5) is 12.3. The van der Waals surface area contributed by atoms with Crippen molar-refractivity contribution in [3.05, 3.63) is 75.5 Å². The average Bonchev–Trinajstić information content (AvgIpc) is 3.01. The third-order valence-electron chi connectivity index (χ3n) is 3.37. The smallest absolute Gasteiger partial charge is 0.258 e. The van der Waals surface area contributed by atoms with Crippen molar-refractivity contribution < 1.29 is 4.79 Å². The molecule has 1 heterocycles. The van der Waals surface area contributed by atoms with Gasteiger partial charge in [-0.2, -0.15) is 5.10 Å². The number of halogens is 2. The fourth-order valence-electron chi connectivity index (χ4n) is 2.14. The highest BCUT2D eigenvalue weighted by atomic mass is 79.9. The van der Waals surface area contributed by atoms with Crippen molar-refractivity contribution in [2.24, 2.45) is 0 Å². The van der Waals surface area contributed by atoms with E-state index < -0.39 is 0 Å². The van der Waals surface area contributed by atoms with Crippen LogP contribution in [0.5, 0.6) is 0 Å². The van der Waals surface area contributed by atoms with Crippen LogP contribution in [0.4, 0.5) is 5.69 Å². The maximum atomic E-state index is 12.3. The van der Waals surface area contributed by atoms with Gasteiger partial charge in [0.1, 0.15) is 0 Å². The Morgan fingerprint density at radius 3 is 2.65 bits per heavy atom. The molecule has 0 aliphatic carbocycles. The van der Waals surface area contributed by atoms with E-state index in [1.165, 1.54) is 0 Å². The summed E-state index contributed by atoms with van der Waals surface area (Å²) in [5.74, 6) is -0.209. The largest absolute Gasteiger partial charge is 0.322 e. The van der Waals surface area contributed by atoms with E-state index in [1.807, 2.05) is 37.3 Å². The molecule has 0 fully saturated rings. The Kier molecular flexibility index (Phi) is 4.50. The van der Waals surface area contributed by atoms with Crippen LogP contribution in [0.3, 0.4) is 0 Å². The lowest BCUT2D eigenvalue weighted by Gasteiger charge is -2.07. The monoisotopic (exact) mass is 389 g/mol. The number of nitrogens with one attached hydrogen (secondary N) is 1. The van der Waals surface area contributed by atoms with Crippen molar-refractivity contribution in [1.82, 2.24) is 9.78 Å². The maximum absolute atomic E-state index is 12.3. The van der Waals surface area contributed by atoms with Crippen LogP contribution in [0.25, 0.3) is 5.69 Å². The second-order valence-electron chi connectivity index (χ2n) is 5.06. The predicted octanol–water partition coefficient (Wildman–Crippen LogP) is 4.85. The standard InChI is InChI=1S/C17H13BrClN3O/c1-11-8-14(19)4-7-16(11)21-17(23)12-9-20-22(10-12)15-5-2-13(18)3-6-15/h2-10H,1H3,(H,21,23). The summed E-state index contributed by atoms with van der Waals surface area (Å²) < 4.78 is 2.65. The Labute approximate surface area is 147 Å². The van der Waals surface area contributed by atoms with Crippen LogP contribution in [-0.2, 0) is 0 Å². The van der Waals surface area contributed by atoms with Gasteiger partial charge in [0.05, 0.1) is 17.4 Å². The number of hydrogen-bond donors (Lipinski definition) is 1. The third-order valence-corrected chi connectivity index (χ3v) is 4.14. The molecule has 0 bridgehead atoms. The summed E-state index contributed by atoms with van der Waals surface area (Å²) in [5.41, 5.74) is 3.01. The summed E-state index contributed by atoms with van der Waals surface area (Å²) in [6.07, 6.45) is 3.24. The zero-order chi connectivity index (χ0) is 16.4. The van der Waals surface area contributed by atoms with Crippen molar-refractivity contribution in [2.45, 2.75) is 6.92 Å². The molecule has 0 unspecified atom stereocenters. The van der Waals surface area contributed by atoms with Gasteiger partial charge in [-0.1, -0.05) is 27.5 Å². The molecule has 0 aliphatic heterocycles. The normalized spacial score (nSPS) is 10.6. The average molecular weight is 391 g/mol. The minimum atomic E-state index is -0.209. The van der Waals surface area contributed by atoms with E-state index in [-0.39, 0.29) is 5.91 Å². The van der Waals surface area contributed by atoms with Crippen molar-refractivity contribution in [2.75, 3.05) is 5.32 Å². The Morgan fingerprint density at radius 2 is 1.96 bits per heavy atom. The number of hydrogen-bond acceptors (Lipinski definition) is 2. The van der Waals surface area contributed by atoms with Gasteiger partial charge in [-0.3, -0.25) is 4.79 Å². The molecule has 1 amide bonds. The van der Waals surface area contributed by atoms with Crippen molar-refractivity contribution in [1.29, 1.82) is 0 Å². The van der Waals surface area contributed by atoms with Crippen LogP contribution in [0.1, 0.15) is 15.9 Å². The van der Waals surface area contributed by atoms with E-state index in [0.29, 0.717) is 10.6 Å². The molecule has 1 N–H and O–H groups in total. The van der Waals surface area contributed by atoms with E-state index >= 15 is 0 Å². The van der Waals surface area contributed by atoms with Crippen LogP contribution in [0, 0.1) is 6.92 Å². The summed E-state index contributed by atoms with van der Waals surface area (Å²) >= 11 is 9.32. The molecular weight excluding hydrogens is 378 g/mol. The number of anilines is 1. The van der Waals surface area contributed by atoms with Crippen molar-refractivity contribution in [3.63, 3.8) is 0 Å². The first-order valence-corrected chi connectivity index (χ1v) is 8.08. The highest BCUT2D eigenvalue weighted by Crippen LogP contribution is 2.20. The summed E-state index contributed by atoms with van der Waals surface area (Å²) in [7, 11) is 0. The minimum Gasteiger partial charge on any atom is -0.322 e. The summed E-state index contributed by atoms with van der Waals surface area (Å²) in [5, 5.41) is 7.75. The topological polar surface area (TPSA) is 46.9 Å². The lowest BCUT2D eigenvalue weighted by molar-refractivity contribution is 0.102. The van der Waals surface area contributed by atoms with Gasteiger partial charge in [0, 0.05) is 21.4 Å². The van der Waals surface area contributed by atoms with Gasteiger partial charge < -0.3 is 5.32 Å². The Morgan fingerprint density at radius 1 is 1.22 bits per heavy atom. The molecule has 0 aliphatic rings. The van der Waals surface area contributed by atoms with Crippen LogP contribution in [0.15, 0.2) is 59.3 Å². The first-order valence-electron chi connectivity index (χ1n) is 6.91. The lowest BCUT2D eigenvalue weighted by atomic mass is 10.2. The van der Waals surface area contributed by atoms with Gasteiger partial charge in [-0.15, -0.1) is 0 Å². The molecule has 23 heavy (non-hydrogen) atoms. The number of nitrogens with zero attached hydrogens (tertiary/aromatic N) is 2. The molecule has 6 heteroatoms. The molecule has 0 radical (unpaired) electrons. The van der Waals surface area contributed by atoms with Crippen LogP contribution < -0.4 is 5.32 Å². The van der Waals surface area contributed by atoms with Crippen LogP contribution in [-0.4, -0.2) is 15.7 Å². The van der Waals surface area contributed by atoms with Gasteiger partial charge in [0.2, 0.25) is 0 Å². The molecule has 0 saturated carbocycles. The molecule has 2 aromatic carbocycles. The zero-order valence-corrected chi connectivity index (χ0v) is 14.6. The second kappa shape index (κ2) is 6.56. The number of aromatic nitrogens is 2. The molecule has 0 spiro atoms. The molecule has 0 saturated heterocycles. The first-order chi connectivity index (χ1) is 11.0. The Bertz CT molecular complexity index is 859. The molecule has 0 atom stereocenters. The van der Waals surface area contributed by atoms with E-state index in [4.69, 9.17) is 11.6 Å². The van der Waals surface area contributed by atoms with Crippen molar-refractivity contribution in [3.8, 4) is 5.69 Å². The third kappa shape index (κ3) is 3.63. The fraction of sp³-hybridized carbons (Fsp3) is 0.0588. The Balaban J connectivity index is 1.79. The predicted molar refractivity (Wildman–Crippen MR) is 95.4 cm³/mol. The van der Waals surface area contributed by atoms with E-state index in [1.54, 1.807) is 29.2 Å². The number of aryl methyl sites for hydroxylation is 1. The quantitative estimate of drug-likeness (QED) is 0.695. The Hall–Kier alpha value is -2.11. The summed E-state index contributed by atoms with van der Waals surface area (Å²) in [6.45, 7) is 1.90. The van der Waals surface area contributed by atoms with E-state index in [2.05, 4.69) is 26.3 Å². The lowest BCUT2D eigenvalue weighted by Crippen LogP contribution is -2.12. The van der Waals surface area contributed by atoms with Crippen molar-refractivity contribution >= 4 is 39.1 Å². The number of rotatable bonds is 3. The molecule has 1 aromatic heterocycles. The second-order valence-corrected chi connectivity index (χ2v) is 6.42. The fourth-order valence-corrected chi connectivity index (χ4v) is 2.63. The molecule has 116 valence electrons. The number of benzene rings is 2. The molecular formula is C17H13BrClN3O. The van der Waals surface area contributed by atoms with Gasteiger partial charge in [0.15, 0.2) is 0 Å². The highest BCUT2D eigenvalue weighted by Gasteiger charge is 2.11. The molecule has 3 aromatic rings. The van der Waals surface area contributed by atoms with Gasteiger partial charge in [-0.25, -0.2) is 4.68 Å². The van der Waals surface area contributed by atoms with Gasteiger partial charge >= 0.3 is 0 Å². The first kappa shape index (κ1) is 15.8. The van der Waals surface area contributed by atoms with E-state index in [9.17, 15) is 4.79 Å². The SMILES string of the molecule is Cc1cc(Cl)ccc1NC(=O)c1cnn(-c2ccc(Br)cc2)c1. The van der Waals surface area contributed by atoms with Gasteiger partial charge in [-0.05, 0) is 55.0 Å². The number of amides is 1. The number of carbonyl (C=O) groups is 1. The van der Waals surface area contributed by atoms with E-state index in [0.717, 1.165) is 21.4 Å². The van der Waals surface area contributed by atoms with Crippen LogP contribution >= 0.6 is 27.5 Å². The van der Waals surface area contributed by atoms with Crippen LogP contribution in [0.2, 0.25) is 5.02 Å². The summed E-state index contributed by atoms with van der Waals surface area (Å²) in [6, 6.07) is 13.0. The number of carbonyl (C=O) groups excluding carboxylic acids is 1. The zero-order valence-electron chi connectivity index (χ0n) is 12.3. The highest BCUT2D eigenvalue weighted by molar-refractivity contribution is 9.10. The minimum absolute atomic E-state index is 0.209. The molecule has 3 rings (SSSR count).